The summed E-state index contributed by atoms with van der Waals surface area (Å²) >= 11 is 1.42. The molecule has 1 fully saturated rings. The molecule has 7 heteroatoms. The fourth-order valence-electron chi connectivity index (χ4n) is 2.95. The van der Waals surface area contributed by atoms with E-state index >= 15 is 0 Å². The largest absolute Gasteiger partial charge is 0.347 e. The summed E-state index contributed by atoms with van der Waals surface area (Å²) in [6.07, 6.45) is 0. The Balaban J connectivity index is 0.00000243. The van der Waals surface area contributed by atoms with Crippen molar-refractivity contribution < 1.29 is 9.59 Å². The van der Waals surface area contributed by atoms with E-state index in [1.54, 1.807) is 6.07 Å². The molecule has 1 aromatic heterocycles. The van der Waals surface area contributed by atoms with Crippen LogP contribution in [-0.2, 0) is 6.54 Å². The number of hydrogen-bond donors (Lipinski definition) is 2. The number of rotatable bonds is 4. The Bertz CT molecular complexity index is 734. The van der Waals surface area contributed by atoms with Crippen LogP contribution >= 0.6 is 23.7 Å². The molecule has 2 heterocycles. The van der Waals surface area contributed by atoms with Gasteiger partial charge in [0, 0.05) is 37.3 Å². The summed E-state index contributed by atoms with van der Waals surface area (Å²) < 4.78 is 0. The molecule has 0 bridgehead atoms. The summed E-state index contributed by atoms with van der Waals surface area (Å²) in [6, 6.07) is 11.6. The summed E-state index contributed by atoms with van der Waals surface area (Å²) in [7, 11) is 0. The van der Waals surface area contributed by atoms with Gasteiger partial charge in [0.05, 0.1) is 4.88 Å². The molecule has 2 amide bonds. The zero-order chi connectivity index (χ0) is 17.8. The number of halogens is 1. The van der Waals surface area contributed by atoms with Crippen LogP contribution in [-0.4, -0.2) is 41.9 Å². The van der Waals surface area contributed by atoms with Crippen LogP contribution < -0.4 is 10.6 Å². The smallest absolute Gasteiger partial charge is 0.261 e. The standard InChI is InChI=1S/C19H23N3O2S.ClH/c1-13-14(2)22(10-9-20-13)19(24)16-7-5-15(6-8-16)12-21-18(23)17-4-3-11-25-17;/h3-8,11,13-14,20H,9-10,12H2,1-2H3,(H,21,23);1H. The fraction of sp³-hybridized carbons (Fsp3) is 0.368. The van der Waals surface area contributed by atoms with E-state index in [2.05, 4.69) is 24.5 Å². The second kappa shape index (κ2) is 9.16. The van der Waals surface area contributed by atoms with E-state index in [-0.39, 0.29) is 30.3 Å². The van der Waals surface area contributed by atoms with Crippen molar-refractivity contribution in [1.29, 1.82) is 0 Å². The average Bonchev–Trinajstić information content (AvgIpc) is 3.17. The lowest BCUT2D eigenvalue weighted by molar-refractivity contribution is 0.0602. The fourth-order valence-corrected chi connectivity index (χ4v) is 3.59. The van der Waals surface area contributed by atoms with Gasteiger partial charge in [-0.15, -0.1) is 23.7 Å². The van der Waals surface area contributed by atoms with Crippen molar-refractivity contribution >= 4 is 35.6 Å². The molecular weight excluding hydrogens is 370 g/mol. The van der Waals surface area contributed by atoms with Crippen molar-refractivity contribution in [2.45, 2.75) is 32.5 Å². The Morgan fingerprint density at radius 1 is 1.23 bits per heavy atom. The Morgan fingerprint density at radius 3 is 2.62 bits per heavy atom. The number of carbonyl (C=O) groups is 2. The zero-order valence-electron chi connectivity index (χ0n) is 14.9. The van der Waals surface area contributed by atoms with Gasteiger partial charge in [-0.2, -0.15) is 0 Å². The van der Waals surface area contributed by atoms with E-state index in [1.165, 1.54) is 11.3 Å². The summed E-state index contributed by atoms with van der Waals surface area (Å²) in [6.45, 7) is 6.17. The molecule has 1 aliphatic heterocycles. The number of amides is 2. The minimum absolute atomic E-state index is 0. The molecular formula is C19H24ClN3O2S. The molecule has 5 nitrogen and oxygen atoms in total. The van der Waals surface area contributed by atoms with Crippen molar-refractivity contribution in [3.63, 3.8) is 0 Å². The van der Waals surface area contributed by atoms with Gasteiger partial charge in [0.15, 0.2) is 0 Å². The lowest BCUT2D eigenvalue weighted by atomic mass is 10.0. The first-order chi connectivity index (χ1) is 12.1. The van der Waals surface area contributed by atoms with E-state index in [4.69, 9.17) is 0 Å². The molecule has 2 aromatic rings. The molecule has 0 aliphatic carbocycles. The van der Waals surface area contributed by atoms with Crippen LogP contribution in [0.2, 0.25) is 0 Å². The molecule has 26 heavy (non-hydrogen) atoms. The molecule has 1 aromatic carbocycles. The third-order valence-electron chi connectivity index (χ3n) is 4.69. The number of nitrogens with zero attached hydrogens (tertiary/aromatic N) is 1. The third kappa shape index (κ3) is 4.63. The van der Waals surface area contributed by atoms with Crippen LogP contribution in [0.4, 0.5) is 0 Å². The molecule has 2 N–H and O–H groups in total. The highest BCUT2D eigenvalue weighted by molar-refractivity contribution is 7.12. The van der Waals surface area contributed by atoms with Crippen LogP contribution in [0, 0.1) is 0 Å². The quantitative estimate of drug-likeness (QED) is 0.839. The van der Waals surface area contributed by atoms with Crippen molar-refractivity contribution in [1.82, 2.24) is 15.5 Å². The van der Waals surface area contributed by atoms with Gasteiger partial charge in [0.25, 0.3) is 11.8 Å². The summed E-state index contributed by atoms with van der Waals surface area (Å²) in [5.41, 5.74) is 1.66. The molecule has 0 saturated carbocycles. The lowest BCUT2D eigenvalue weighted by Gasteiger charge is -2.38. The van der Waals surface area contributed by atoms with Crippen LogP contribution in [0.1, 0.15) is 39.4 Å². The normalized spacial score (nSPS) is 19.5. The Labute approximate surface area is 164 Å². The molecule has 0 radical (unpaired) electrons. The first-order valence-corrected chi connectivity index (χ1v) is 9.39. The number of nitrogens with one attached hydrogen (secondary N) is 2. The molecule has 140 valence electrons. The monoisotopic (exact) mass is 393 g/mol. The number of piperazine rings is 1. The van der Waals surface area contributed by atoms with Gasteiger partial charge in [-0.25, -0.2) is 0 Å². The van der Waals surface area contributed by atoms with E-state index in [0.29, 0.717) is 23.0 Å². The molecule has 2 atom stereocenters. The summed E-state index contributed by atoms with van der Waals surface area (Å²) in [5.74, 6) is -0.00574. The number of carbonyl (C=O) groups excluding carboxylic acids is 2. The predicted octanol–water partition coefficient (Wildman–Crippen LogP) is 2.92. The minimum Gasteiger partial charge on any atom is -0.347 e. The number of thiophene rings is 1. The van der Waals surface area contributed by atoms with E-state index in [0.717, 1.165) is 18.7 Å². The zero-order valence-corrected chi connectivity index (χ0v) is 16.5. The highest BCUT2D eigenvalue weighted by atomic mass is 35.5. The van der Waals surface area contributed by atoms with Crippen LogP contribution in [0.3, 0.4) is 0 Å². The van der Waals surface area contributed by atoms with Crippen LogP contribution in [0.25, 0.3) is 0 Å². The van der Waals surface area contributed by atoms with E-state index in [9.17, 15) is 9.59 Å². The van der Waals surface area contributed by atoms with Crippen molar-refractivity contribution in [3.8, 4) is 0 Å². The third-order valence-corrected chi connectivity index (χ3v) is 5.56. The van der Waals surface area contributed by atoms with Gasteiger partial charge >= 0.3 is 0 Å². The maximum Gasteiger partial charge on any atom is 0.261 e. The van der Waals surface area contributed by atoms with Gasteiger partial charge in [-0.05, 0) is 43.0 Å². The van der Waals surface area contributed by atoms with Gasteiger partial charge < -0.3 is 15.5 Å². The van der Waals surface area contributed by atoms with E-state index < -0.39 is 0 Å². The first kappa shape index (κ1) is 20.4. The minimum atomic E-state index is -0.0706. The first-order valence-electron chi connectivity index (χ1n) is 8.51. The molecule has 0 spiro atoms. The lowest BCUT2D eigenvalue weighted by Crippen LogP contribution is -2.57. The van der Waals surface area contributed by atoms with Gasteiger partial charge in [0.1, 0.15) is 0 Å². The van der Waals surface area contributed by atoms with Crippen molar-refractivity contribution in [2.24, 2.45) is 0 Å². The molecule has 2 unspecified atom stereocenters. The maximum absolute atomic E-state index is 12.7. The summed E-state index contributed by atoms with van der Waals surface area (Å²) in [5, 5.41) is 8.16. The predicted molar refractivity (Wildman–Crippen MR) is 107 cm³/mol. The van der Waals surface area contributed by atoms with Crippen LogP contribution in [0.5, 0.6) is 0 Å². The topological polar surface area (TPSA) is 61.4 Å². The maximum atomic E-state index is 12.7. The number of hydrogen-bond acceptors (Lipinski definition) is 4. The van der Waals surface area contributed by atoms with Gasteiger partial charge in [-0.3, -0.25) is 9.59 Å². The highest BCUT2D eigenvalue weighted by Crippen LogP contribution is 2.15. The Hall–Kier alpha value is -1.89. The second-order valence-electron chi connectivity index (χ2n) is 6.34. The number of benzene rings is 1. The SMILES string of the molecule is CC1NCCN(C(=O)c2ccc(CNC(=O)c3cccs3)cc2)C1C.Cl. The Morgan fingerprint density at radius 2 is 1.96 bits per heavy atom. The second-order valence-corrected chi connectivity index (χ2v) is 7.29. The highest BCUT2D eigenvalue weighted by Gasteiger charge is 2.28. The van der Waals surface area contributed by atoms with Crippen LogP contribution in [0.15, 0.2) is 41.8 Å². The van der Waals surface area contributed by atoms with E-state index in [1.807, 2.05) is 40.6 Å². The molecule has 1 saturated heterocycles. The molecule has 3 rings (SSSR count). The van der Waals surface area contributed by atoms with Crippen molar-refractivity contribution in [2.75, 3.05) is 13.1 Å². The van der Waals surface area contributed by atoms with Gasteiger partial charge in [0.2, 0.25) is 0 Å². The average molecular weight is 394 g/mol. The summed E-state index contributed by atoms with van der Waals surface area (Å²) in [4.78, 5) is 27.3. The van der Waals surface area contributed by atoms with Crippen molar-refractivity contribution in [3.05, 3.63) is 57.8 Å². The Kier molecular flexibility index (Phi) is 7.20. The molecule has 1 aliphatic rings. The van der Waals surface area contributed by atoms with Gasteiger partial charge in [-0.1, -0.05) is 18.2 Å².